The van der Waals surface area contributed by atoms with E-state index >= 15 is 0 Å². The lowest BCUT2D eigenvalue weighted by Gasteiger charge is -2.30. The Morgan fingerprint density at radius 3 is 2.59 bits per heavy atom. The van der Waals surface area contributed by atoms with E-state index in [2.05, 4.69) is 5.32 Å². The molecule has 0 aromatic carbocycles. The van der Waals surface area contributed by atoms with Crippen molar-refractivity contribution >= 4 is 11.8 Å². The largest absolute Gasteiger partial charge is 0.467 e. The van der Waals surface area contributed by atoms with Crippen LogP contribution >= 0.6 is 0 Å². The molecule has 1 aliphatic carbocycles. The van der Waals surface area contributed by atoms with Crippen molar-refractivity contribution in [3.8, 4) is 0 Å². The van der Waals surface area contributed by atoms with Crippen molar-refractivity contribution < 1.29 is 14.0 Å². The maximum atomic E-state index is 11.9. The van der Waals surface area contributed by atoms with E-state index in [0.29, 0.717) is 25.6 Å². The van der Waals surface area contributed by atoms with E-state index < -0.39 is 0 Å². The van der Waals surface area contributed by atoms with Crippen LogP contribution in [-0.2, 0) is 16.1 Å². The minimum Gasteiger partial charge on any atom is -0.467 e. The second-order valence-corrected chi connectivity index (χ2v) is 5.96. The zero-order chi connectivity index (χ0) is 15.8. The van der Waals surface area contributed by atoms with Gasteiger partial charge in [0.2, 0.25) is 11.8 Å². The fraction of sp³-hybridized carbons (Fsp3) is 0.647. The topological polar surface area (TPSA) is 62.6 Å². The Hall–Kier alpha value is -1.78. The van der Waals surface area contributed by atoms with Crippen molar-refractivity contribution in [2.45, 2.75) is 64.5 Å². The Morgan fingerprint density at radius 2 is 2.00 bits per heavy atom. The SMILES string of the molecule is CC(=O)N(CCC(=O)NCc1ccco1)C1CCCCCC1. The fourth-order valence-electron chi connectivity index (χ4n) is 3.08. The number of hydrogen-bond acceptors (Lipinski definition) is 3. The molecule has 0 radical (unpaired) electrons. The fourth-order valence-corrected chi connectivity index (χ4v) is 3.08. The highest BCUT2D eigenvalue weighted by Gasteiger charge is 2.22. The van der Waals surface area contributed by atoms with Crippen molar-refractivity contribution in [2.24, 2.45) is 0 Å². The minimum absolute atomic E-state index is 0.0451. The first-order chi connectivity index (χ1) is 10.7. The number of carbonyl (C=O) groups excluding carboxylic acids is 2. The zero-order valence-electron chi connectivity index (χ0n) is 13.3. The van der Waals surface area contributed by atoms with Crippen LogP contribution in [0, 0.1) is 0 Å². The predicted octanol–water partition coefficient (Wildman–Crippen LogP) is 2.86. The van der Waals surface area contributed by atoms with Crippen molar-refractivity contribution in [3.63, 3.8) is 0 Å². The molecule has 1 aromatic heterocycles. The number of hydrogen-bond donors (Lipinski definition) is 1. The molecule has 0 aliphatic heterocycles. The van der Waals surface area contributed by atoms with E-state index in [9.17, 15) is 9.59 Å². The van der Waals surface area contributed by atoms with Crippen LogP contribution in [0.5, 0.6) is 0 Å². The molecule has 1 aromatic rings. The first-order valence-corrected chi connectivity index (χ1v) is 8.23. The number of nitrogens with zero attached hydrogens (tertiary/aromatic N) is 1. The highest BCUT2D eigenvalue weighted by Crippen LogP contribution is 2.22. The van der Waals surface area contributed by atoms with Gasteiger partial charge in [0.1, 0.15) is 5.76 Å². The smallest absolute Gasteiger partial charge is 0.222 e. The van der Waals surface area contributed by atoms with Crippen molar-refractivity contribution in [2.75, 3.05) is 6.54 Å². The first kappa shape index (κ1) is 16.6. The first-order valence-electron chi connectivity index (χ1n) is 8.23. The summed E-state index contributed by atoms with van der Waals surface area (Å²) in [6.07, 6.45) is 8.93. The number of carbonyl (C=O) groups is 2. The zero-order valence-corrected chi connectivity index (χ0v) is 13.3. The van der Waals surface area contributed by atoms with Gasteiger partial charge in [-0.2, -0.15) is 0 Å². The monoisotopic (exact) mass is 306 g/mol. The predicted molar refractivity (Wildman–Crippen MR) is 84.0 cm³/mol. The third-order valence-corrected chi connectivity index (χ3v) is 4.29. The third-order valence-electron chi connectivity index (χ3n) is 4.29. The van der Waals surface area contributed by atoms with E-state index in [1.807, 2.05) is 11.0 Å². The van der Waals surface area contributed by atoms with Gasteiger partial charge in [0.05, 0.1) is 12.8 Å². The van der Waals surface area contributed by atoms with Crippen LogP contribution in [0.3, 0.4) is 0 Å². The van der Waals surface area contributed by atoms with E-state index in [-0.39, 0.29) is 11.8 Å². The van der Waals surface area contributed by atoms with E-state index in [1.54, 1.807) is 19.3 Å². The highest BCUT2D eigenvalue weighted by molar-refractivity contribution is 5.78. The normalized spacial score (nSPS) is 16.0. The lowest BCUT2D eigenvalue weighted by molar-refractivity contribution is -0.132. The molecule has 5 nitrogen and oxygen atoms in total. The lowest BCUT2D eigenvalue weighted by Crippen LogP contribution is -2.41. The van der Waals surface area contributed by atoms with Gasteiger partial charge in [0.25, 0.3) is 0 Å². The maximum absolute atomic E-state index is 11.9. The Morgan fingerprint density at radius 1 is 1.27 bits per heavy atom. The molecule has 1 heterocycles. The van der Waals surface area contributed by atoms with Crippen LogP contribution in [0.1, 0.15) is 57.6 Å². The van der Waals surface area contributed by atoms with Gasteiger partial charge in [-0.05, 0) is 25.0 Å². The molecular formula is C17H26N2O3. The van der Waals surface area contributed by atoms with Crippen LogP contribution in [0.15, 0.2) is 22.8 Å². The molecule has 0 unspecified atom stereocenters. The second-order valence-electron chi connectivity index (χ2n) is 5.96. The molecule has 2 amide bonds. The van der Waals surface area contributed by atoms with E-state index in [4.69, 9.17) is 4.42 Å². The molecule has 122 valence electrons. The Labute approximate surface area is 132 Å². The number of rotatable bonds is 6. The van der Waals surface area contributed by atoms with Gasteiger partial charge in [0, 0.05) is 25.9 Å². The van der Waals surface area contributed by atoms with Gasteiger partial charge >= 0.3 is 0 Å². The molecule has 1 fully saturated rings. The highest BCUT2D eigenvalue weighted by atomic mass is 16.3. The molecule has 1 saturated carbocycles. The van der Waals surface area contributed by atoms with Crippen LogP contribution in [0.2, 0.25) is 0 Å². The average molecular weight is 306 g/mol. The van der Waals surface area contributed by atoms with Crippen LogP contribution < -0.4 is 5.32 Å². The van der Waals surface area contributed by atoms with E-state index in [0.717, 1.165) is 18.6 Å². The van der Waals surface area contributed by atoms with Gasteiger partial charge < -0.3 is 14.6 Å². The van der Waals surface area contributed by atoms with Gasteiger partial charge in [-0.25, -0.2) is 0 Å². The quantitative estimate of drug-likeness (QED) is 0.822. The summed E-state index contributed by atoms with van der Waals surface area (Å²) in [5, 5.41) is 2.82. The molecule has 0 atom stereocenters. The third kappa shape index (κ3) is 5.20. The average Bonchev–Trinajstić information content (AvgIpc) is 2.87. The molecule has 0 spiro atoms. The van der Waals surface area contributed by atoms with Crippen molar-refractivity contribution in [1.29, 1.82) is 0 Å². The maximum Gasteiger partial charge on any atom is 0.222 e. The Bertz CT molecular complexity index is 462. The molecule has 1 aliphatic rings. The number of furan rings is 1. The summed E-state index contributed by atoms with van der Waals surface area (Å²) in [6, 6.07) is 3.93. The molecule has 0 saturated heterocycles. The number of nitrogens with one attached hydrogen (secondary N) is 1. The summed E-state index contributed by atoms with van der Waals surface area (Å²) in [6.45, 7) is 2.50. The summed E-state index contributed by atoms with van der Waals surface area (Å²) in [5.41, 5.74) is 0. The van der Waals surface area contributed by atoms with Crippen LogP contribution in [-0.4, -0.2) is 29.3 Å². The summed E-state index contributed by atoms with van der Waals surface area (Å²) >= 11 is 0. The summed E-state index contributed by atoms with van der Waals surface area (Å²) in [4.78, 5) is 25.7. The van der Waals surface area contributed by atoms with Crippen molar-refractivity contribution in [1.82, 2.24) is 10.2 Å². The Balaban J connectivity index is 1.77. The van der Waals surface area contributed by atoms with Gasteiger partial charge in [-0.1, -0.05) is 25.7 Å². The number of amides is 2. The van der Waals surface area contributed by atoms with E-state index in [1.165, 1.54) is 25.7 Å². The molecule has 2 rings (SSSR count). The van der Waals surface area contributed by atoms with Crippen LogP contribution in [0.4, 0.5) is 0 Å². The van der Waals surface area contributed by atoms with Gasteiger partial charge in [-0.15, -0.1) is 0 Å². The lowest BCUT2D eigenvalue weighted by atomic mass is 10.1. The van der Waals surface area contributed by atoms with Crippen molar-refractivity contribution in [3.05, 3.63) is 24.2 Å². The molecule has 22 heavy (non-hydrogen) atoms. The molecule has 0 bridgehead atoms. The Kier molecular flexibility index (Phi) is 6.49. The van der Waals surface area contributed by atoms with Gasteiger partial charge in [-0.3, -0.25) is 9.59 Å². The second kappa shape index (κ2) is 8.61. The molecular weight excluding hydrogens is 280 g/mol. The minimum atomic E-state index is -0.0451. The van der Waals surface area contributed by atoms with Gasteiger partial charge in [0.15, 0.2) is 0 Å². The summed E-state index contributed by atoms with van der Waals surface area (Å²) in [5.74, 6) is 0.766. The standard InChI is InChI=1S/C17H26N2O3/c1-14(20)19(15-7-4-2-3-5-8-15)11-10-17(21)18-13-16-9-6-12-22-16/h6,9,12,15H,2-5,7-8,10-11,13H2,1H3,(H,18,21). The van der Waals surface area contributed by atoms with Crippen LogP contribution in [0.25, 0.3) is 0 Å². The summed E-state index contributed by atoms with van der Waals surface area (Å²) in [7, 11) is 0. The summed E-state index contributed by atoms with van der Waals surface area (Å²) < 4.78 is 5.18. The molecule has 5 heteroatoms. The molecule has 1 N–H and O–H groups in total.